The molecule has 1 aromatic carbocycles. The number of halogens is 3. The topological polar surface area (TPSA) is 110 Å². The highest BCUT2D eigenvalue weighted by Gasteiger charge is 2.30. The number of aromatic nitrogens is 2. The van der Waals surface area contributed by atoms with Crippen molar-refractivity contribution < 1.29 is 22.9 Å². The quantitative estimate of drug-likeness (QED) is 0.467. The lowest BCUT2D eigenvalue weighted by Gasteiger charge is -2.09. The lowest BCUT2D eigenvalue weighted by Crippen LogP contribution is -2.29. The molecule has 0 aliphatic carbocycles. The van der Waals surface area contributed by atoms with E-state index < -0.39 is 22.6 Å². The zero-order valence-corrected chi connectivity index (χ0v) is 12.6. The van der Waals surface area contributed by atoms with Crippen molar-refractivity contribution in [2.24, 2.45) is 0 Å². The van der Waals surface area contributed by atoms with Crippen molar-refractivity contribution in [1.82, 2.24) is 15.3 Å². The van der Waals surface area contributed by atoms with E-state index in [0.29, 0.717) is 0 Å². The monoisotopic (exact) mass is 355 g/mol. The number of hydrogen-bond donors (Lipinski definition) is 2. The lowest BCUT2D eigenvalue weighted by molar-refractivity contribution is -0.385. The van der Waals surface area contributed by atoms with E-state index in [4.69, 9.17) is 0 Å². The molecule has 25 heavy (non-hydrogen) atoms. The fourth-order valence-electron chi connectivity index (χ4n) is 1.77. The number of carbonyl (C=O) groups is 1. The average molecular weight is 355 g/mol. The fourth-order valence-corrected chi connectivity index (χ4v) is 1.77. The minimum absolute atomic E-state index is 0.0968. The number of nitrogens with zero attached hydrogens (tertiary/aromatic N) is 3. The molecular formula is C14H12F3N5O3. The van der Waals surface area contributed by atoms with Gasteiger partial charge in [0.15, 0.2) is 0 Å². The van der Waals surface area contributed by atoms with Gasteiger partial charge >= 0.3 is 11.9 Å². The van der Waals surface area contributed by atoms with Crippen LogP contribution in [0.2, 0.25) is 0 Å². The molecule has 0 radical (unpaired) electrons. The normalized spacial score (nSPS) is 11.0. The van der Waals surface area contributed by atoms with Crippen LogP contribution in [0.25, 0.3) is 0 Å². The van der Waals surface area contributed by atoms with Crippen LogP contribution in [-0.2, 0) is 6.18 Å². The van der Waals surface area contributed by atoms with Gasteiger partial charge in [-0.2, -0.15) is 13.2 Å². The predicted octanol–water partition coefficient (Wildman–Crippen LogP) is 2.25. The summed E-state index contributed by atoms with van der Waals surface area (Å²) >= 11 is 0. The number of benzene rings is 1. The van der Waals surface area contributed by atoms with Crippen LogP contribution in [0.4, 0.5) is 24.8 Å². The number of hydrogen-bond acceptors (Lipinski definition) is 6. The van der Waals surface area contributed by atoms with Gasteiger partial charge in [0.05, 0.1) is 10.5 Å². The van der Waals surface area contributed by atoms with Gasteiger partial charge < -0.3 is 10.6 Å². The maximum absolute atomic E-state index is 12.4. The van der Waals surface area contributed by atoms with Gasteiger partial charge in [0.1, 0.15) is 12.4 Å². The zero-order chi connectivity index (χ0) is 18.4. The molecule has 0 aliphatic rings. The molecule has 132 valence electrons. The van der Waals surface area contributed by atoms with E-state index in [9.17, 15) is 28.1 Å². The van der Waals surface area contributed by atoms with E-state index in [1.807, 2.05) is 0 Å². The van der Waals surface area contributed by atoms with Gasteiger partial charge in [-0.25, -0.2) is 9.97 Å². The number of rotatable bonds is 6. The molecule has 1 aromatic heterocycles. The van der Waals surface area contributed by atoms with Crippen molar-refractivity contribution in [1.29, 1.82) is 0 Å². The molecule has 11 heteroatoms. The predicted molar refractivity (Wildman–Crippen MR) is 81.0 cm³/mol. The summed E-state index contributed by atoms with van der Waals surface area (Å²) in [6.45, 7) is 0.379. The Kier molecular flexibility index (Phi) is 5.47. The van der Waals surface area contributed by atoms with Crippen LogP contribution in [-0.4, -0.2) is 33.9 Å². The van der Waals surface area contributed by atoms with E-state index in [1.54, 1.807) is 0 Å². The molecule has 0 bridgehead atoms. The first-order valence-corrected chi connectivity index (χ1v) is 6.93. The summed E-state index contributed by atoms with van der Waals surface area (Å²) in [5, 5.41) is 15.7. The van der Waals surface area contributed by atoms with Crippen molar-refractivity contribution in [3.05, 3.63) is 57.9 Å². The number of nitrogens with one attached hydrogen (secondary N) is 2. The number of anilines is 1. The van der Waals surface area contributed by atoms with Crippen molar-refractivity contribution in [2.45, 2.75) is 6.18 Å². The van der Waals surface area contributed by atoms with E-state index >= 15 is 0 Å². The van der Waals surface area contributed by atoms with Crippen LogP contribution >= 0.6 is 0 Å². The molecule has 1 heterocycles. The first-order valence-electron chi connectivity index (χ1n) is 6.93. The Hall–Kier alpha value is -3.24. The maximum Gasteiger partial charge on any atom is 0.416 e. The SMILES string of the molecule is O=C(NCCNc1ncc([N+](=O)[O-])cn1)c1ccc(C(F)(F)F)cc1. The number of carbonyl (C=O) groups excluding carboxylic acids is 1. The van der Waals surface area contributed by atoms with Crippen LogP contribution in [0.3, 0.4) is 0 Å². The summed E-state index contributed by atoms with van der Waals surface area (Å²) in [6.07, 6.45) is -2.38. The summed E-state index contributed by atoms with van der Waals surface area (Å²) < 4.78 is 37.3. The zero-order valence-electron chi connectivity index (χ0n) is 12.6. The number of nitro groups is 1. The minimum Gasteiger partial charge on any atom is -0.352 e. The third-order valence-electron chi connectivity index (χ3n) is 3.02. The van der Waals surface area contributed by atoms with Gasteiger partial charge in [-0.3, -0.25) is 14.9 Å². The molecule has 0 atom stereocenters. The Morgan fingerprint density at radius 1 is 1.12 bits per heavy atom. The van der Waals surface area contributed by atoms with Gasteiger partial charge in [-0.05, 0) is 24.3 Å². The van der Waals surface area contributed by atoms with Crippen molar-refractivity contribution in [3.63, 3.8) is 0 Å². The van der Waals surface area contributed by atoms with Crippen LogP contribution in [0.5, 0.6) is 0 Å². The Bertz CT molecular complexity index is 748. The molecule has 2 rings (SSSR count). The number of amides is 1. The van der Waals surface area contributed by atoms with Crippen LogP contribution in [0, 0.1) is 10.1 Å². The van der Waals surface area contributed by atoms with Gasteiger partial charge in [-0.15, -0.1) is 0 Å². The molecule has 8 nitrogen and oxygen atoms in total. The fraction of sp³-hybridized carbons (Fsp3) is 0.214. The first kappa shape index (κ1) is 18.1. The second kappa shape index (κ2) is 7.55. The van der Waals surface area contributed by atoms with Crippen molar-refractivity contribution in [2.75, 3.05) is 18.4 Å². The standard InChI is InChI=1S/C14H12F3N5O3/c15-14(16,17)10-3-1-9(2-4-10)12(23)18-5-6-19-13-20-7-11(8-21-13)22(24)25/h1-4,7-8H,5-6H2,(H,18,23)(H,19,20,21). The first-order chi connectivity index (χ1) is 11.8. The van der Waals surface area contributed by atoms with Crippen LogP contribution in [0.1, 0.15) is 15.9 Å². The summed E-state index contributed by atoms with van der Waals surface area (Å²) in [4.78, 5) is 29.1. The van der Waals surface area contributed by atoms with Crippen molar-refractivity contribution in [3.8, 4) is 0 Å². The number of alkyl halides is 3. The summed E-state index contributed by atoms with van der Waals surface area (Å²) in [5.74, 6) is -0.380. The third kappa shape index (κ3) is 5.12. The smallest absolute Gasteiger partial charge is 0.352 e. The van der Waals surface area contributed by atoms with E-state index in [-0.39, 0.29) is 30.3 Å². The third-order valence-corrected chi connectivity index (χ3v) is 3.02. The summed E-state index contributed by atoms with van der Waals surface area (Å²) in [6, 6.07) is 3.84. The molecule has 0 aliphatic heterocycles. The van der Waals surface area contributed by atoms with Crippen molar-refractivity contribution >= 4 is 17.5 Å². The largest absolute Gasteiger partial charge is 0.416 e. The molecule has 0 unspecified atom stereocenters. The maximum atomic E-state index is 12.4. The van der Waals surface area contributed by atoms with Crippen LogP contribution < -0.4 is 10.6 Å². The highest BCUT2D eigenvalue weighted by molar-refractivity contribution is 5.94. The Labute approximate surface area is 139 Å². The van der Waals surface area contributed by atoms with E-state index in [1.165, 1.54) is 0 Å². The Morgan fingerprint density at radius 3 is 2.24 bits per heavy atom. The van der Waals surface area contributed by atoms with Gasteiger partial charge in [-0.1, -0.05) is 0 Å². The Balaban J connectivity index is 1.79. The molecule has 0 saturated heterocycles. The van der Waals surface area contributed by atoms with E-state index in [0.717, 1.165) is 36.7 Å². The molecule has 2 N–H and O–H groups in total. The van der Waals surface area contributed by atoms with Gasteiger partial charge in [0, 0.05) is 18.7 Å². The molecular weight excluding hydrogens is 343 g/mol. The lowest BCUT2D eigenvalue weighted by atomic mass is 10.1. The average Bonchev–Trinajstić information content (AvgIpc) is 2.58. The highest BCUT2D eigenvalue weighted by atomic mass is 19.4. The van der Waals surface area contributed by atoms with E-state index in [2.05, 4.69) is 20.6 Å². The molecule has 0 spiro atoms. The summed E-state index contributed by atoms with van der Waals surface area (Å²) in [7, 11) is 0. The second-order valence-corrected chi connectivity index (χ2v) is 4.78. The molecule has 0 saturated carbocycles. The molecule has 0 fully saturated rings. The Morgan fingerprint density at radius 2 is 1.72 bits per heavy atom. The van der Waals surface area contributed by atoms with Gasteiger partial charge in [0.25, 0.3) is 5.91 Å². The minimum atomic E-state index is -4.45. The summed E-state index contributed by atoms with van der Waals surface area (Å²) in [5.41, 5.74) is -0.984. The molecule has 2 aromatic rings. The second-order valence-electron chi connectivity index (χ2n) is 4.78. The highest BCUT2D eigenvalue weighted by Crippen LogP contribution is 2.29. The van der Waals surface area contributed by atoms with Gasteiger partial charge in [0.2, 0.25) is 5.95 Å². The molecule has 1 amide bonds. The van der Waals surface area contributed by atoms with Crippen LogP contribution in [0.15, 0.2) is 36.7 Å².